The third kappa shape index (κ3) is 0.634. The van der Waals surface area contributed by atoms with Crippen molar-refractivity contribution in [3.63, 3.8) is 0 Å². The van der Waals surface area contributed by atoms with Crippen molar-refractivity contribution in [2.75, 3.05) is 6.54 Å². The lowest BCUT2D eigenvalue weighted by molar-refractivity contribution is 0.171. The average Bonchev–Trinajstić information content (AvgIpc) is 2.07. The Morgan fingerprint density at radius 1 is 1.44 bits per heavy atom. The lowest BCUT2D eigenvalue weighted by Crippen LogP contribution is -2.47. The average molecular weight is 126 g/mol. The van der Waals surface area contributed by atoms with Crippen LogP contribution in [0.2, 0.25) is 0 Å². The zero-order valence-corrected chi connectivity index (χ0v) is 5.80. The molecule has 2 nitrogen and oxygen atoms in total. The van der Waals surface area contributed by atoms with E-state index in [1.807, 2.05) is 0 Å². The minimum Gasteiger partial charge on any atom is -0.327 e. The third-order valence-electron chi connectivity index (χ3n) is 2.96. The van der Waals surface area contributed by atoms with Crippen molar-refractivity contribution >= 4 is 0 Å². The van der Waals surface area contributed by atoms with Crippen LogP contribution in [0.5, 0.6) is 0 Å². The summed E-state index contributed by atoms with van der Waals surface area (Å²) in [6, 6.07) is 1.24. The van der Waals surface area contributed by atoms with Crippen LogP contribution < -0.4 is 11.1 Å². The Bertz CT molecular complexity index is 122. The number of fused-ring (bicyclic) bond motifs is 1. The van der Waals surface area contributed by atoms with Crippen LogP contribution in [-0.2, 0) is 0 Å². The summed E-state index contributed by atoms with van der Waals surface area (Å²) in [4.78, 5) is 0. The van der Waals surface area contributed by atoms with Crippen LogP contribution >= 0.6 is 0 Å². The first-order valence-electron chi connectivity index (χ1n) is 3.78. The van der Waals surface area contributed by atoms with Gasteiger partial charge in [-0.15, -0.1) is 0 Å². The minimum atomic E-state index is 0.507. The van der Waals surface area contributed by atoms with E-state index in [2.05, 4.69) is 12.2 Å². The molecule has 0 aromatic rings. The summed E-state index contributed by atoms with van der Waals surface area (Å²) < 4.78 is 0. The highest BCUT2D eigenvalue weighted by Gasteiger charge is 2.45. The van der Waals surface area contributed by atoms with Gasteiger partial charge >= 0.3 is 0 Å². The van der Waals surface area contributed by atoms with E-state index in [0.29, 0.717) is 6.04 Å². The summed E-state index contributed by atoms with van der Waals surface area (Å²) in [5.41, 5.74) is 5.79. The molecule has 4 atom stereocenters. The van der Waals surface area contributed by atoms with Gasteiger partial charge in [0.1, 0.15) is 0 Å². The van der Waals surface area contributed by atoms with Crippen LogP contribution in [-0.4, -0.2) is 18.6 Å². The van der Waals surface area contributed by atoms with Gasteiger partial charge in [0.25, 0.3) is 0 Å². The summed E-state index contributed by atoms with van der Waals surface area (Å²) in [6.07, 6.45) is 1.25. The van der Waals surface area contributed by atoms with Crippen molar-refractivity contribution in [3.05, 3.63) is 0 Å². The molecule has 1 saturated heterocycles. The van der Waals surface area contributed by atoms with Crippen molar-refractivity contribution in [1.82, 2.24) is 5.32 Å². The zero-order valence-electron chi connectivity index (χ0n) is 5.80. The van der Waals surface area contributed by atoms with Gasteiger partial charge in [-0.3, -0.25) is 0 Å². The molecule has 2 heteroatoms. The Balaban J connectivity index is 2.03. The molecule has 0 radical (unpaired) electrons. The summed E-state index contributed by atoms with van der Waals surface area (Å²) in [5.74, 6) is 1.71. The SMILES string of the molecule is CC1NCC2C(N)CC12. The van der Waals surface area contributed by atoms with E-state index in [0.717, 1.165) is 24.4 Å². The molecule has 2 rings (SSSR count). The molecular formula is C7H14N2. The maximum atomic E-state index is 5.79. The third-order valence-corrected chi connectivity index (χ3v) is 2.96. The molecule has 9 heavy (non-hydrogen) atoms. The standard InChI is InChI=1S/C7H14N2/c1-4-5-2-7(8)6(5)3-9-4/h4-7,9H,2-3,8H2,1H3. The smallest absolute Gasteiger partial charge is 0.00858 e. The van der Waals surface area contributed by atoms with Gasteiger partial charge in [0, 0.05) is 18.6 Å². The fourth-order valence-corrected chi connectivity index (χ4v) is 2.14. The Morgan fingerprint density at radius 2 is 2.22 bits per heavy atom. The number of nitrogens with two attached hydrogens (primary N) is 1. The molecule has 0 aromatic heterocycles. The molecule has 1 aliphatic carbocycles. The van der Waals surface area contributed by atoms with Crippen LogP contribution in [0.15, 0.2) is 0 Å². The molecule has 0 aromatic carbocycles. The highest BCUT2D eigenvalue weighted by atomic mass is 15.0. The van der Waals surface area contributed by atoms with Gasteiger partial charge < -0.3 is 11.1 Å². The molecule has 2 aliphatic rings. The molecule has 2 fully saturated rings. The zero-order chi connectivity index (χ0) is 6.43. The maximum absolute atomic E-state index is 5.79. The summed E-state index contributed by atoms with van der Waals surface area (Å²) in [6.45, 7) is 3.42. The highest BCUT2D eigenvalue weighted by molar-refractivity contribution is 5.02. The van der Waals surface area contributed by atoms with Gasteiger partial charge in [-0.25, -0.2) is 0 Å². The first-order chi connectivity index (χ1) is 4.29. The molecule has 4 unspecified atom stereocenters. The Kier molecular flexibility index (Phi) is 1.08. The molecular weight excluding hydrogens is 112 g/mol. The van der Waals surface area contributed by atoms with Crippen LogP contribution in [0.25, 0.3) is 0 Å². The summed E-state index contributed by atoms with van der Waals surface area (Å²) in [7, 11) is 0. The first-order valence-corrected chi connectivity index (χ1v) is 3.78. The predicted molar refractivity (Wildman–Crippen MR) is 37.0 cm³/mol. The Hall–Kier alpha value is -0.0800. The quantitative estimate of drug-likeness (QED) is 0.477. The second-order valence-corrected chi connectivity index (χ2v) is 3.42. The number of nitrogens with one attached hydrogen (secondary N) is 1. The lowest BCUT2D eigenvalue weighted by Gasteiger charge is -2.38. The Morgan fingerprint density at radius 3 is 2.67 bits per heavy atom. The van der Waals surface area contributed by atoms with E-state index in [4.69, 9.17) is 5.73 Å². The van der Waals surface area contributed by atoms with Crippen molar-refractivity contribution in [3.8, 4) is 0 Å². The van der Waals surface area contributed by atoms with E-state index in [9.17, 15) is 0 Å². The number of rotatable bonds is 0. The fourth-order valence-electron chi connectivity index (χ4n) is 2.14. The molecule has 1 heterocycles. The lowest BCUT2D eigenvalue weighted by atomic mass is 9.69. The van der Waals surface area contributed by atoms with Crippen LogP contribution in [0.1, 0.15) is 13.3 Å². The van der Waals surface area contributed by atoms with Gasteiger partial charge in [0.15, 0.2) is 0 Å². The van der Waals surface area contributed by atoms with Crippen LogP contribution in [0, 0.1) is 11.8 Å². The van der Waals surface area contributed by atoms with E-state index < -0.39 is 0 Å². The minimum absolute atomic E-state index is 0.507. The predicted octanol–water partition coefficient (Wildman–Crippen LogP) is -0.0585. The van der Waals surface area contributed by atoms with Crippen molar-refractivity contribution < 1.29 is 0 Å². The van der Waals surface area contributed by atoms with E-state index in [1.165, 1.54) is 6.42 Å². The van der Waals surface area contributed by atoms with Gasteiger partial charge in [-0.1, -0.05) is 0 Å². The molecule has 0 bridgehead atoms. The van der Waals surface area contributed by atoms with Gasteiger partial charge in [-0.05, 0) is 25.2 Å². The van der Waals surface area contributed by atoms with Crippen molar-refractivity contribution in [2.45, 2.75) is 25.4 Å². The maximum Gasteiger partial charge on any atom is 0.00858 e. The van der Waals surface area contributed by atoms with Crippen molar-refractivity contribution in [1.29, 1.82) is 0 Å². The first kappa shape index (κ1) is 5.69. The van der Waals surface area contributed by atoms with Gasteiger partial charge in [-0.2, -0.15) is 0 Å². The van der Waals surface area contributed by atoms with Crippen molar-refractivity contribution in [2.24, 2.45) is 17.6 Å². The summed E-state index contributed by atoms with van der Waals surface area (Å²) in [5, 5.41) is 3.43. The highest BCUT2D eigenvalue weighted by Crippen LogP contribution is 2.39. The normalized spacial score (nSPS) is 56.7. The van der Waals surface area contributed by atoms with Crippen LogP contribution in [0.4, 0.5) is 0 Å². The molecule has 0 amide bonds. The largest absolute Gasteiger partial charge is 0.327 e. The van der Waals surface area contributed by atoms with Gasteiger partial charge in [0.2, 0.25) is 0 Å². The van der Waals surface area contributed by atoms with E-state index >= 15 is 0 Å². The summed E-state index contributed by atoms with van der Waals surface area (Å²) >= 11 is 0. The van der Waals surface area contributed by atoms with Gasteiger partial charge in [0.05, 0.1) is 0 Å². The van der Waals surface area contributed by atoms with Crippen LogP contribution in [0.3, 0.4) is 0 Å². The molecule has 1 saturated carbocycles. The molecule has 52 valence electrons. The van der Waals surface area contributed by atoms with E-state index in [1.54, 1.807) is 0 Å². The molecule has 0 spiro atoms. The monoisotopic (exact) mass is 126 g/mol. The van der Waals surface area contributed by atoms with E-state index in [-0.39, 0.29) is 0 Å². The number of hydrogen-bond donors (Lipinski definition) is 2. The molecule has 1 aliphatic heterocycles. The number of hydrogen-bond acceptors (Lipinski definition) is 2. The second-order valence-electron chi connectivity index (χ2n) is 3.42. The topological polar surface area (TPSA) is 38.0 Å². The molecule has 3 N–H and O–H groups in total. The fraction of sp³-hybridized carbons (Fsp3) is 1.00. The Labute approximate surface area is 55.8 Å². The second kappa shape index (κ2) is 1.70.